The molecule has 2 atom stereocenters. The summed E-state index contributed by atoms with van der Waals surface area (Å²) in [5.41, 5.74) is 4.42. The predicted molar refractivity (Wildman–Crippen MR) is 127 cm³/mol. The van der Waals surface area contributed by atoms with Gasteiger partial charge in [0.1, 0.15) is 12.6 Å². The Bertz CT molecular complexity index is 1070. The van der Waals surface area contributed by atoms with E-state index in [9.17, 15) is 19.5 Å². The lowest BCUT2D eigenvalue weighted by Crippen LogP contribution is -2.49. The van der Waals surface area contributed by atoms with Crippen LogP contribution in [0.3, 0.4) is 0 Å². The summed E-state index contributed by atoms with van der Waals surface area (Å²) in [4.78, 5) is 36.7. The van der Waals surface area contributed by atoms with Crippen LogP contribution in [-0.4, -0.2) is 42.3 Å². The second kappa shape index (κ2) is 10.4. The van der Waals surface area contributed by atoms with Gasteiger partial charge >= 0.3 is 12.1 Å². The van der Waals surface area contributed by atoms with Crippen molar-refractivity contribution in [1.29, 1.82) is 0 Å². The van der Waals surface area contributed by atoms with Crippen molar-refractivity contribution in [2.24, 2.45) is 11.8 Å². The summed E-state index contributed by atoms with van der Waals surface area (Å²) in [6.45, 7) is 0.124. The van der Waals surface area contributed by atoms with Crippen molar-refractivity contribution in [2.45, 2.75) is 37.6 Å². The second-order valence-electron chi connectivity index (χ2n) is 8.81. The average molecular weight is 461 g/mol. The molecule has 4 rings (SSSR count). The van der Waals surface area contributed by atoms with Crippen molar-refractivity contribution in [3.63, 3.8) is 0 Å². The van der Waals surface area contributed by atoms with Crippen molar-refractivity contribution < 1.29 is 24.2 Å². The Labute approximate surface area is 198 Å². The van der Waals surface area contributed by atoms with Gasteiger partial charge in [-0.1, -0.05) is 55.0 Å². The van der Waals surface area contributed by atoms with Crippen molar-refractivity contribution in [1.82, 2.24) is 10.6 Å². The zero-order valence-corrected chi connectivity index (χ0v) is 18.8. The summed E-state index contributed by atoms with van der Waals surface area (Å²) >= 11 is 0. The van der Waals surface area contributed by atoms with Crippen molar-refractivity contribution in [3.8, 4) is 23.5 Å². The summed E-state index contributed by atoms with van der Waals surface area (Å²) in [6.07, 6.45) is 7.31. The van der Waals surface area contributed by atoms with Gasteiger partial charge in [0, 0.05) is 18.9 Å². The molecule has 0 heterocycles. The quantitative estimate of drug-likeness (QED) is 0.497. The molecule has 2 aliphatic rings. The molecular weight excluding hydrogens is 432 g/mol. The number of ether oxygens (including phenoxy) is 1. The maximum atomic E-state index is 12.6. The van der Waals surface area contributed by atoms with Crippen LogP contribution >= 0.6 is 0 Å². The first-order valence-electron chi connectivity index (χ1n) is 11.5. The lowest BCUT2D eigenvalue weighted by Gasteiger charge is -2.31. The summed E-state index contributed by atoms with van der Waals surface area (Å²) in [5.74, 6) is 0.269. The highest BCUT2D eigenvalue weighted by Crippen LogP contribution is 2.44. The highest BCUT2D eigenvalue weighted by atomic mass is 16.5. The first-order chi connectivity index (χ1) is 16.5. The molecule has 176 valence electrons. The smallest absolute Gasteiger partial charge is 0.407 e. The van der Waals surface area contributed by atoms with Crippen molar-refractivity contribution >= 4 is 18.0 Å². The number of aliphatic carboxylic acids is 1. The van der Waals surface area contributed by atoms with E-state index in [0.29, 0.717) is 0 Å². The fourth-order valence-electron chi connectivity index (χ4n) is 4.74. The lowest BCUT2D eigenvalue weighted by molar-refractivity contribution is -0.144. The number of amides is 2. The van der Waals surface area contributed by atoms with E-state index in [1.807, 2.05) is 36.4 Å². The van der Waals surface area contributed by atoms with Gasteiger partial charge in [0.05, 0.1) is 5.92 Å². The van der Waals surface area contributed by atoms with Gasteiger partial charge < -0.3 is 20.5 Å². The van der Waals surface area contributed by atoms with E-state index >= 15 is 0 Å². The number of alkyl carbamates (subject to hydrolysis) is 1. The molecule has 7 heteroatoms. The predicted octanol–water partition coefficient (Wildman–Crippen LogP) is 3.53. The number of carboxylic acid groups (broad SMARTS) is 1. The molecule has 2 aromatic rings. The van der Waals surface area contributed by atoms with E-state index in [1.165, 1.54) is 0 Å². The number of hydrogen-bond donors (Lipinski definition) is 3. The lowest BCUT2D eigenvalue weighted by atomic mass is 9.76. The number of fused-ring (bicyclic) bond motifs is 3. The van der Waals surface area contributed by atoms with Crippen LogP contribution in [0.1, 0.15) is 42.7 Å². The zero-order valence-electron chi connectivity index (χ0n) is 18.8. The van der Waals surface area contributed by atoms with Crippen LogP contribution in [0.5, 0.6) is 0 Å². The third-order valence-electron chi connectivity index (χ3n) is 6.81. The molecule has 2 unspecified atom stereocenters. The Hall–Kier alpha value is -3.79. The number of nitrogens with one attached hydrogen (secondary N) is 2. The Morgan fingerprint density at radius 3 is 2.21 bits per heavy atom. The van der Waals surface area contributed by atoms with Crippen LogP contribution in [0.15, 0.2) is 48.5 Å². The minimum Gasteiger partial charge on any atom is -0.481 e. The number of rotatable bonds is 9. The third kappa shape index (κ3) is 4.91. The molecule has 0 radical (unpaired) electrons. The number of benzene rings is 2. The Balaban J connectivity index is 1.35. The molecule has 2 aromatic carbocycles. The van der Waals surface area contributed by atoms with Gasteiger partial charge in [0.25, 0.3) is 0 Å². The van der Waals surface area contributed by atoms with E-state index in [4.69, 9.17) is 11.2 Å². The van der Waals surface area contributed by atoms with Crippen molar-refractivity contribution in [3.05, 3.63) is 59.7 Å². The van der Waals surface area contributed by atoms with E-state index < -0.39 is 29.9 Å². The summed E-state index contributed by atoms with van der Waals surface area (Å²) in [6, 6.07) is 15.0. The van der Waals surface area contributed by atoms with Crippen LogP contribution in [0.2, 0.25) is 0 Å². The van der Waals surface area contributed by atoms with Gasteiger partial charge in [-0.25, -0.2) is 4.79 Å². The molecule has 0 aliphatic heterocycles. The molecular formula is C27H28N2O5. The molecule has 0 saturated heterocycles. The number of carbonyl (C=O) groups is 3. The minimum absolute atomic E-state index is 0.00622. The number of terminal acetylenes is 1. The maximum absolute atomic E-state index is 12.6. The Morgan fingerprint density at radius 2 is 1.68 bits per heavy atom. The molecule has 7 nitrogen and oxygen atoms in total. The molecule has 0 aromatic heterocycles. The summed E-state index contributed by atoms with van der Waals surface area (Å²) in [7, 11) is 0. The van der Waals surface area contributed by atoms with Gasteiger partial charge in [-0.2, -0.15) is 0 Å². The molecule has 34 heavy (non-hydrogen) atoms. The first kappa shape index (κ1) is 23.4. The van der Waals surface area contributed by atoms with E-state index in [0.717, 1.165) is 41.5 Å². The van der Waals surface area contributed by atoms with E-state index in [-0.39, 0.29) is 31.4 Å². The highest BCUT2D eigenvalue weighted by molar-refractivity contribution is 5.86. The molecule has 1 saturated carbocycles. The van der Waals surface area contributed by atoms with Gasteiger partial charge in [-0.05, 0) is 41.0 Å². The monoisotopic (exact) mass is 460 g/mol. The van der Waals surface area contributed by atoms with Gasteiger partial charge in [-0.15, -0.1) is 12.3 Å². The standard InChI is InChI=1S/C27H28N2O5/c1-2-8-24(25(30)28-15-22(26(31)32)17-9-7-10-17)29-27(33)34-16-23-20-13-5-3-11-18(20)19-12-4-6-14-21(19)23/h1,3-6,11-14,17,22-24H,7-10,15-16H2,(H,28,30)(H,29,33)(H,31,32). The van der Waals surface area contributed by atoms with Crippen LogP contribution in [0, 0.1) is 24.2 Å². The van der Waals surface area contributed by atoms with Gasteiger partial charge in [0.2, 0.25) is 5.91 Å². The molecule has 2 amide bonds. The van der Waals surface area contributed by atoms with Crippen LogP contribution in [0.4, 0.5) is 4.79 Å². The first-order valence-corrected chi connectivity index (χ1v) is 11.5. The van der Waals surface area contributed by atoms with Gasteiger partial charge in [-0.3, -0.25) is 9.59 Å². The SMILES string of the molecule is C#CCC(NC(=O)OCC1c2ccccc2-c2ccccc21)C(=O)NCC(C(=O)O)C1CCC1. The minimum atomic E-state index is -1.00. The normalized spacial score (nSPS) is 16.2. The third-order valence-corrected chi connectivity index (χ3v) is 6.81. The highest BCUT2D eigenvalue weighted by Gasteiger charge is 2.34. The largest absolute Gasteiger partial charge is 0.481 e. The maximum Gasteiger partial charge on any atom is 0.407 e. The van der Waals surface area contributed by atoms with Crippen LogP contribution in [-0.2, 0) is 14.3 Å². The number of carboxylic acids is 1. The molecule has 3 N–H and O–H groups in total. The molecule has 0 bridgehead atoms. The number of carbonyl (C=O) groups excluding carboxylic acids is 2. The van der Waals surface area contributed by atoms with Crippen LogP contribution in [0.25, 0.3) is 11.1 Å². The Kier molecular flexibility index (Phi) is 7.17. The molecule has 0 spiro atoms. The van der Waals surface area contributed by atoms with E-state index in [1.54, 1.807) is 0 Å². The molecule has 2 aliphatic carbocycles. The van der Waals surface area contributed by atoms with Crippen LogP contribution < -0.4 is 10.6 Å². The second-order valence-corrected chi connectivity index (χ2v) is 8.81. The number of hydrogen-bond acceptors (Lipinski definition) is 4. The van der Waals surface area contributed by atoms with Crippen molar-refractivity contribution in [2.75, 3.05) is 13.2 Å². The summed E-state index contributed by atoms with van der Waals surface area (Å²) < 4.78 is 5.50. The fraction of sp³-hybridized carbons (Fsp3) is 0.370. The van der Waals surface area contributed by atoms with E-state index in [2.05, 4.69) is 28.7 Å². The fourth-order valence-corrected chi connectivity index (χ4v) is 4.74. The molecule has 1 fully saturated rings. The zero-order chi connectivity index (χ0) is 24.1. The topological polar surface area (TPSA) is 105 Å². The summed E-state index contributed by atoms with van der Waals surface area (Å²) in [5, 5.41) is 14.6. The Morgan fingerprint density at radius 1 is 1.06 bits per heavy atom. The van der Waals surface area contributed by atoms with Gasteiger partial charge in [0.15, 0.2) is 0 Å². The average Bonchev–Trinajstić information content (AvgIpc) is 3.12.